The van der Waals surface area contributed by atoms with Crippen molar-refractivity contribution < 1.29 is 1.43 Å². The van der Waals surface area contributed by atoms with Gasteiger partial charge in [0.1, 0.15) is 0 Å². The summed E-state index contributed by atoms with van der Waals surface area (Å²) in [4.78, 5) is 7.39. The first-order valence-corrected chi connectivity index (χ1v) is 5.25. The fourth-order valence-corrected chi connectivity index (χ4v) is 1.70. The first-order valence-electron chi connectivity index (χ1n) is 5.25. The molecule has 0 radical (unpaired) electrons. The number of hydrogen-bond acceptors (Lipinski definition) is 1. The number of hydrogen-bond donors (Lipinski definition) is 1. The number of fused-ring (bicyclic) bond motifs is 3. The molecule has 0 saturated carbocycles. The van der Waals surface area contributed by atoms with Crippen LogP contribution in [0.25, 0.3) is 21.8 Å². The molecule has 0 aliphatic rings. The van der Waals surface area contributed by atoms with Gasteiger partial charge in [-0.25, -0.2) is 0 Å². The first-order chi connectivity index (χ1) is 7.45. The van der Waals surface area contributed by atoms with Gasteiger partial charge in [0, 0.05) is 23.9 Å². The predicted octanol–water partition coefficient (Wildman–Crippen LogP) is 3.99. The van der Waals surface area contributed by atoms with E-state index in [0.717, 1.165) is 5.52 Å². The van der Waals surface area contributed by atoms with Crippen molar-refractivity contribution >= 4 is 21.8 Å². The summed E-state index contributed by atoms with van der Waals surface area (Å²) < 4.78 is 0. The van der Waals surface area contributed by atoms with Crippen LogP contribution in [0.1, 0.15) is 15.3 Å². The molecular weight excluding hydrogens is 184 g/mol. The molecule has 0 unspecified atom stereocenters. The van der Waals surface area contributed by atoms with Crippen molar-refractivity contribution in [2.75, 3.05) is 0 Å². The lowest BCUT2D eigenvalue weighted by Crippen LogP contribution is -1.68. The Morgan fingerprint density at radius 1 is 1.00 bits per heavy atom. The minimum atomic E-state index is 0. The van der Waals surface area contributed by atoms with E-state index < -0.39 is 0 Å². The van der Waals surface area contributed by atoms with Crippen molar-refractivity contribution in [2.45, 2.75) is 13.8 Å². The molecule has 3 rings (SSSR count). The maximum absolute atomic E-state index is 4.08. The molecule has 0 fully saturated rings. The van der Waals surface area contributed by atoms with Gasteiger partial charge in [-0.15, -0.1) is 0 Å². The van der Waals surface area contributed by atoms with Crippen molar-refractivity contribution in [3.8, 4) is 0 Å². The molecule has 2 heterocycles. The van der Waals surface area contributed by atoms with E-state index in [1.807, 2.05) is 38.4 Å². The lowest BCUT2D eigenvalue weighted by molar-refractivity contribution is 1.35. The Kier molecular flexibility index (Phi) is 2.68. The summed E-state index contributed by atoms with van der Waals surface area (Å²) in [6.45, 7) is 4.00. The van der Waals surface area contributed by atoms with Gasteiger partial charge in [-0.05, 0) is 12.1 Å². The third-order valence-electron chi connectivity index (χ3n) is 2.31. The first kappa shape index (κ1) is 9.71. The zero-order chi connectivity index (χ0) is 10.7. The number of aromatic amines is 1. The zero-order valence-electron chi connectivity index (χ0n) is 8.99. The van der Waals surface area contributed by atoms with E-state index in [-0.39, 0.29) is 1.43 Å². The van der Waals surface area contributed by atoms with Crippen LogP contribution in [0.3, 0.4) is 0 Å². The van der Waals surface area contributed by atoms with Crippen molar-refractivity contribution in [3.63, 3.8) is 0 Å². The molecule has 3 aromatic rings. The molecule has 0 spiro atoms. The van der Waals surface area contributed by atoms with Gasteiger partial charge in [-0.2, -0.15) is 0 Å². The second-order valence-corrected chi connectivity index (χ2v) is 3.09. The highest BCUT2D eigenvalue weighted by molar-refractivity contribution is 6.06. The summed E-state index contributed by atoms with van der Waals surface area (Å²) in [7, 11) is 0. The molecule has 0 saturated heterocycles. The van der Waals surface area contributed by atoms with Crippen molar-refractivity contribution in [1.82, 2.24) is 9.97 Å². The number of para-hydroxylation sites is 1. The minimum absolute atomic E-state index is 0. The van der Waals surface area contributed by atoms with E-state index in [1.165, 1.54) is 16.3 Å². The average Bonchev–Trinajstić information content (AvgIpc) is 2.70. The van der Waals surface area contributed by atoms with Crippen LogP contribution < -0.4 is 0 Å². The van der Waals surface area contributed by atoms with Crippen molar-refractivity contribution in [3.05, 3.63) is 42.7 Å². The van der Waals surface area contributed by atoms with Crippen molar-refractivity contribution in [1.29, 1.82) is 0 Å². The van der Waals surface area contributed by atoms with Crippen LogP contribution >= 0.6 is 0 Å². The highest BCUT2D eigenvalue weighted by Gasteiger charge is 2.00. The lowest BCUT2D eigenvalue weighted by atomic mass is 10.2. The molecular formula is C13H16N2. The summed E-state index contributed by atoms with van der Waals surface area (Å²) in [6.07, 6.45) is 3.68. The number of rotatable bonds is 0. The Bertz CT molecular complexity index is 522. The zero-order valence-corrected chi connectivity index (χ0v) is 8.99. The molecule has 2 heteroatoms. The monoisotopic (exact) mass is 200 g/mol. The van der Waals surface area contributed by atoms with Gasteiger partial charge < -0.3 is 4.98 Å². The van der Waals surface area contributed by atoms with E-state index >= 15 is 0 Å². The molecule has 0 aliphatic heterocycles. The van der Waals surface area contributed by atoms with Gasteiger partial charge in [0.2, 0.25) is 0 Å². The maximum atomic E-state index is 4.08. The topological polar surface area (TPSA) is 28.7 Å². The van der Waals surface area contributed by atoms with Gasteiger partial charge in [0.15, 0.2) is 0 Å². The molecule has 1 N–H and O–H groups in total. The fourth-order valence-electron chi connectivity index (χ4n) is 1.70. The molecule has 15 heavy (non-hydrogen) atoms. The Morgan fingerprint density at radius 3 is 2.60 bits per heavy atom. The van der Waals surface area contributed by atoms with Crippen LogP contribution in [-0.2, 0) is 0 Å². The van der Waals surface area contributed by atoms with Crippen molar-refractivity contribution in [2.24, 2.45) is 0 Å². The standard InChI is InChI=1S/C11H8N2.C2H6.H2/c1-2-4-10-8(3-1)9-5-6-12-7-11(9)13-10;1-2;/h1-7,13H;1-2H3;1H. The van der Waals surface area contributed by atoms with E-state index in [9.17, 15) is 0 Å². The molecule has 2 aromatic heterocycles. The number of nitrogens with one attached hydrogen (secondary N) is 1. The summed E-state index contributed by atoms with van der Waals surface area (Å²) >= 11 is 0. The summed E-state index contributed by atoms with van der Waals surface area (Å²) in [6, 6.07) is 10.3. The third-order valence-corrected chi connectivity index (χ3v) is 2.31. The second kappa shape index (κ2) is 4.13. The molecule has 0 amide bonds. The predicted molar refractivity (Wildman–Crippen MR) is 67.1 cm³/mol. The van der Waals surface area contributed by atoms with Gasteiger partial charge in [-0.3, -0.25) is 4.98 Å². The van der Waals surface area contributed by atoms with Crippen LogP contribution in [0.4, 0.5) is 0 Å². The van der Waals surface area contributed by atoms with Gasteiger partial charge in [0.05, 0.1) is 11.7 Å². The van der Waals surface area contributed by atoms with Crippen LogP contribution in [0, 0.1) is 0 Å². The van der Waals surface area contributed by atoms with Crippen LogP contribution in [-0.4, -0.2) is 9.97 Å². The van der Waals surface area contributed by atoms with Gasteiger partial charge in [-0.1, -0.05) is 32.0 Å². The largest absolute Gasteiger partial charge is 0.353 e. The Morgan fingerprint density at radius 2 is 1.73 bits per heavy atom. The summed E-state index contributed by atoms with van der Waals surface area (Å²) in [5.41, 5.74) is 2.27. The Balaban J connectivity index is 0.000000406. The van der Waals surface area contributed by atoms with E-state index in [4.69, 9.17) is 0 Å². The molecule has 2 nitrogen and oxygen atoms in total. The summed E-state index contributed by atoms with van der Waals surface area (Å²) in [5.74, 6) is 0. The fraction of sp³-hybridized carbons (Fsp3) is 0.154. The number of pyridine rings is 1. The lowest BCUT2D eigenvalue weighted by Gasteiger charge is -1.87. The van der Waals surface area contributed by atoms with Gasteiger partial charge in [0.25, 0.3) is 0 Å². The van der Waals surface area contributed by atoms with Crippen LogP contribution in [0.2, 0.25) is 0 Å². The van der Waals surface area contributed by atoms with Crippen LogP contribution in [0.15, 0.2) is 42.7 Å². The van der Waals surface area contributed by atoms with Gasteiger partial charge >= 0.3 is 0 Å². The Labute approximate surface area is 90.4 Å². The second-order valence-electron chi connectivity index (χ2n) is 3.09. The number of nitrogens with zero attached hydrogens (tertiary/aromatic N) is 1. The molecule has 0 aliphatic carbocycles. The van der Waals surface area contributed by atoms with Crippen LogP contribution in [0.5, 0.6) is 0 Å². The van der Waals surface area contributed by atoms with E-state index in [1.54, 1.807) is 0 Å². The SMILES string of the molecule is CC.[HH].c1ccc2c(c1)[nH]c1cnccc12. The third kappa shape index (κ3) is 1.59. The normalized spacial score (nSPS) is 10.0. The average molecular weight is 200 g/mol. The minimum Gasteiger partial charge on any atom is -0.353 e. The quantitative estimate of drug-likeness (QED) is 0.584. The highest BCUT2D eigenvalue weighted by atomic mass is 14.7. The molecule has 0 atom stereocenters. The Hall–Kier alpha value is -1.83. The number of aromatic nitrogens is 2. The molecule has 0 bridgehead atoms. The smallest absolute Gasteiger partial charge is 0.0651 e. The molecule has 78 valence electrons. The number of H-pyrrole nitrogens is 1. The van der Waals surface area contributed by atoms with E-state index in [0.29, 0.717) is 0 Å². The summed E-state index contributed by atoms with van der Waals surface area (Å²) in [5, 5.41) is 2.51. The molecule has 1 aromatic carbocycles. The number of benzene rings is 1. The maximum Gasteiger partial charge on any atom is 0.0651 e. The van der Waals surface area contributed by atoms with E-state index in [2.05, 4.69) is 28.2 Å². The highest BCUT2D eigenvalue weighted by Crippen LogP contribution is 2.23.